The van der Waals surface area contributed by atoms with Gasteiger partial charge in [-0.05, 0) is 69.2 Å². The van der Waals surface area contributed by atoms with E-state index < -0.39 is 0 Å². The third kappa shape index (κ3) is 2.12. The minimum absolute atomic E-state index is 0.123. The van der Waals surface area contributed by atoms with E-state index in [0.717, 1.165) is 49.0 Å². The second kappa shape index (κ2) is 5.03. The quantitative estimate of drug-likeness (QED) is 0.924. The van der Waals surface area contributed by atoms with E-state index in [-0.39, 0.29) is 10.8 Å². The monoisotopic (exact) mass is 317 g/mol. The summed E-state index contributed by atoms with van der Waals surface area (Å²) in [6, 6.07) is 0. The molecule has 4 saturated carbocycles. The lowest BCUT2D eigenvalue weighted by atomic mass is 9.49. The third-order valence-corrected chi connectivity index (χ3v) is 7.06. The molecule has 1 aliphatic heterocycles. The first kappa shape index (κ1) is 14.4. The van der Waals surface area contributed by atoms with E-state index in [9.17, 15) is 0 Å². The second-order valence-electron chi connectivity index (χ2n) is 8.76. The number of aromatic nitrogens is 2. The lowest BCUT2D eigenvalue weighted by Gasteiger charge is -2.55. The number of nitrogens with zero attached hydrogens (tertiary/aromatic N) is 2. The molecule has 5 aliphatic rings. The van der Waals surface area contributed by atoms with Crippen molar-refractivity contribution in [3.63, 3.8) is 0 Å². The lowest BCUT2D eigenvalue weighted by Crippen LogP contribution is -2.49. The first-order chi connectivity index (χ1) is 11.2. The number of rotatable bonds is 4. The number of methoxy groups -OCH3 is 1. The van der Waals surface area contributed by atoms with E-state index in [4.69, 9.17) is 14.2 Å². The van der Waals surface area contributed by atoms with E-state index in [1.807, 2.05) is 0 Å². The van der Waals surface area contributed by atoms with Crippen molar-refractivity contribution in [1.82, 2.24) is 15.5 Å². The molecule has 5 nitrogen and oxygen atoms in total. The summed E-state index contributed by atoms with van der Waals surface area (Å²) in [4.78, 5) is 4.98. The molecule has 1 aromatic rings. The van der Waals surface area contributed by atoms with E-state index in [0.29, 0.717) is 6.61 Å². The Bertz CT molecular complexity index is 556. The molecule has 6 rings (SSSR count). The molecule has 4 aliphatic carbocycles. The SMILES string of the molecule is COCC1(c2nc(C34CC5CC(CC(C5)C3)C4)no2)CCNC1. The zero-order valence-corrected chi connectivity index (χ0v) is 14.0. The number of hydrogen-bond donors (Lipinski definition) is 1. The van der Waals surface area contributed by atoms with Crippen LogP contribution in [0, 0.1) is 17.8 Å². The average molecular weight is 317 g/mol. The van der Waals surface area contributed by atoms with Crippen LogP contribution in [0.5, 0.6) is 0 Å². The van der Waals surface area contributed by atoms with Gasteiger partial charge in [-0.2, -0.15) is 4.98 Å². The summed E-state index contributed by atoms with van der Waals surface area (Å²) in [6.45, 7) is 2.53. The highest BCUT2D eigenvalue weighted by Gasteiger charge is 2.54. The van der Waals surface area contributed by atoms with Crippen LogP contribution >= 0.6 is 0 Å². The topological polar surface area (TPSA) is 60.2 Å². The minimum atomic E-state index is -0.123. The van der Waals surface area contributed by atoms with Gasteiger partial charge in [0.15, 0.2) is 5.82 Å². The van der Waals surface area contributed by atoms with Gasteiger partial charge in [-0.1, -0.05) is 5.16 Å². The van der Waals surface area contributed by atoms with Crippen LogP contribution in [-0.4, -0.2) is 36.9 Å². The standard InChI is InChI=1S/C18H27N3O2/c1-22-11-17(2-3-19-10-17)16-20-15(21-23-16)18-7-12-4-13(8-18)6-14(5-12)9-18/h12-14,19H,2-11H2,1H3. The van der Waals surface area contributed by atoms with E-state index in [2.05, 4.69) is 10.5 Å². The van der Waals surface area contributed by atoms with Crippen LogP contribution in [0.3, 0.4) is 0 Å². The normalized spacial score (nSPS) is 45.0. The van der Waals surface area contributed by atoms with Crippen molar-refractivity contribution in [2.45, 2.75) is 55.8 Å². The summed E-state index contributed by atoms with van der Waals surface area (Å²) < 4.78 is 11.3. The highest BCUT2D eigenvalue weighted by atomic mass is 16.5. The van der Waals surface area contributed by atoms with Gasteiger partial charge in [0, 0.05) is 19.1 Å². The van der Waals surface area contributed by atoms with E-state index in [1.165, 1.54) is 38.5 Å². The molecule has 2 heterocycles. The summed E-state index contributed by atoms with van der Waals surface area (Å²) in [5.41, 5.74) is 0.0963. The predicted octanol–water partition coefficient (Wildman–Crippen LogP) is 2.41. The Morgan fingerprint density at radius 1 is 1.17 bits per heavy atom. The Morgan fingerprint density at radius 3 is 2.43 bits per heavy atom. The summed E-state index contributed by atoms with van der Waals surface area (Å²) in [5.74, 6) is 4.53. The van der Waals surface area contributed by atoms with Crippen molar-refractivity contribution >= 4 is 0 Å². The number of hydrogen-bond acceptors (Lipinski definition) is 5. The molecule has 23 heavy (non-hydrogen) atoms. The van der Waals surface area contributed by atoms with Crippen molar-refractivity contribution in [2.24, 2.45) is 17.8 Å². The summed E-state index contributed by atoms with van der Waals surface area (Å²) in [5, 5.41) is 7.94. The van der Waals surface area contributed by atoms with Gasteiger partial charge >= 0.3 is 0 Å². The lowest BCUT2D eigenvalue weighted by molar-refractivity contribution is -0.0103. The second-order valence-corrected chi connectivity index (χ2v) is 8.76. The molecule has 4 bridgehead atoms. The van der Waals surface area contributed by atoms with Crippen LogP contribution in [0.25, 0.3) is 0 Å². The predicted molar refractivity (Wildman–Crippen MR) is 85.2 cm³/mol. The summed E-state index contributed by atoms with van der Waals surface area (Å²) in [7, 11) is 1.76. The molecule has 1 aromatic heterocycles. The van der Waals surface area contributed by atoms with Crippen LogP contribution in [-0.2, 0) is 15.6 Å². The van der Waals surface area contributed by atoms with Crippen LogP contribution in [0.1, 0.15) is 56.7 Å². The molecule has 1 atom stereocenters. The number of nitrogens with one attached hydrogen (secondary N) is 1. The minimum Gasteiger partial charge on any atom is -0.384 e. The van der Waals surface area contributed by atoms with E-state index >= 15 is 0 Å². The molecule has 5 heteroatoms. The maximum atomic E-state index is 5.81. The molecule has 1 N–H and O–H groups in total. The van der Waals surface area contributed by atoms with Gasteiger partial charge in [-0.25, -0.2) is 0 Å². The molecule has 1 saturated heterocycles. The smallest absolute Gasteiger partial charge is 0.236 e. The Hall–Kier alpha value is -0.940. The van der Waals surface area contributed by atoms with Crippen LogP contribution in [0.2, 0.25) is 0 Å². The average Bonchev–Trinajstić information content (AvgIpc) is 3.16. The van der Waals surface area contributed by atoms with Crippen molar-refractivity contribution in [2.75, 3.05) is 26.8 Å². The maximum absolute atomic E-state index is 5.81. The molecule has 5 fully saturated rings. The fourth-order valence-corrected chi connectivity index (χ4v) is 6.43. The Labute approximate surface area is 137 Å². The van der Waals surface area contributed by atoms with Crippen molar-refractivity contribution in [1.29, 1.82) is 0 Å². The zero-order valence-electron chi connectivity index (χ0n) is 14.0. The van der Waals surface area contributed by atoms with Gasteiger partial charge < -0.3 is 14.6 Å². The Kier molecular flexibility index (Phi) is 3.15. The highest BCUT2D eigenvalue weighted by molar-refractivity contribution is 5.19. The largest absolute Gasteiger partial charge is 0.384 e. The first-order valence-electron chi connectivity index (χ1n) is 9.26. The fourth-order valence-electron chi connectivity index (χ4n) is 6.43. The van der Waals surface area contributed by atoms with E-state index in [1.54, 1.807) is 7.11 Å². The molecule has 0 aromatic carbocycles. The molecule has 0 radical (unpaired) electrons. The van der Waals surface area contributed by atoms with Gasteiger partial charge in [0.1, 0.15) is 0 Å². The molecular formula is C18H27N3O2. The first-order valence-corrected chi connectivity index (χ1v) is 9.26. The summed E-state index contributed by atoms with van der Waals surface area (Å²) >= 11 is 0. The van der Waals surface area contributed by atoms with Gasteiger partial charge in [-0.3, -0.25) is 0 Å². The Morgan fingerprint density at radius 2 is 1.87 bits per heavy atom. The van der Waals surface area contributed by atoms with Crippen LogP contribution < -0.4 is 5.32 Å². The Balaban J connectivity index is 1.47. The van der Waals surface area contributed by atoms with Crippen LogP contribution in [0.4, 0.5) is 0 Å². The van der Waals surface area contributed by atoms with Crippen molar-refractivity contribution in [3.05, 3.63) is 11.7 Å². The molecule has 0 amide bonds. The zero-order chi connectivity index (χ0) is 15.5. The van der Waals surface area contributed by atoms with Crippen LogP contribution in [0.15, 0.2) is 4.52 Å². The molecule has 0 spiro atoms. The molecule has 126 valence electrons. The van der Waals surface area contributed by atoms with Gasteiger partial charge in [0.25, 0.3) is 0 Å². The maximum Gasteiger partial charge on any atom is 0.236 e. The third-order valence-electron chi connectivity index (χ3n) is 7.06. The fraction of sp³-hybridized carbons (Fsp3) is 0.889. The summed E-state index contributed by atoms with van der Waals surface area (Å²) in [6.07, 6.45) is 9.21. The van der Waals surface area contributed by atoms with Gasteiger partial charge in [0.2, 0.25) is 5.89 Å². The van der Waals surface area contributed by atoms with Crippen molar-refractivity contribution < 1.29 is 9.26 Å². The highest BCUT2D eigenvalue weighted by Crippen LogP contribution is 2.60. The van der Waals surface area contributed by atoms with Crippen molar-refractivity contribution in [3.8, 4) is 0 Å². The molecular weight excluding hydrogens is 290 g/mol. The number of ether oxygens (including phenoxy) is 1. The van der Waals surface area contributed by atoms with Gasteiger partial charge in [0.05, 0.1) is 12.0 Å². The molecule has 1 unspecified atom stereocenters. The van der Waals surface area contributed by atoms with Gasteiger partial charge in [-0.15, -0.1) is 0 Å².